The summed E-state index contributed by atoms with van der Waals surface area (Å²) >= 11 is 0. The summed E-state index contributed by atoms with van der Waals surface area (Å²) in [7, 11) is 0. The molecule has 0 amide bonds. The molecule has 0 saturated heterocycles. The Balaban J connectivity index is 1.09. The van der Waals surface area contributed by atoms with Gasteiger partial charge in [0.05, 0.1) is 33.3 Å². The zero-order chi connectivity index (χ0) is 40.7. The number of hydrogen-bond donors (Lipinski definition) is 0. The highest BCUT2D eigenvalue weighted by molar-refractivity contribution is 6.22. The van der Waals surface area contributed by atoms with Gasteiger partial charge < -0.3 is 4.57 Å². The lowest BCUT2D eigenvalue weighted by Crippen LogP contribution is -2.04. The molecule has 0 aliphatic rings. The predicted octanol–water partition coefficient (Wildman–Crippen LogP) is 15.1. The van der Waals surface area contributed by atoms with Gasteiger partial charge in [0.15, 0.2) is 0 Å². The molecule has 4 heteroatoms. The zero-order valence-electron chi connectivity index (χ0n) is 33.6. The number of nitrogens with zero attached hydrogens (tertiary/aromatic N) is 4. The van der Waals surface area contributed by atoms with Crippen LogP contribution in [0.1, 0.15) is 0 Å². The number of hydrogen-bond acceptors (Lipinski definition) is 2. The van der Waals surface area contributed by atoms with Crippen molar-refractivity contribution in [2.24, 2.45) is 0 Å². The van der Waals surface area contributed by atoms with Gasteiger partial charge in [0.1, 0.15) is 0 Å². The molecule has 288 valence electrons. The Morgan fingerprint density at radius 1 is 0.306 bits per heavy atom. The standard InChI is InChI=1S/C58H36N4/c1-2-14-37(15-3-1)39-26-28-40(29-27-39)56-48-22-8-11-23-51(48)59-58(60-56)62-53-25-13-10-21-47(53)50-35-42-18-6-7-19-45(42)55(57(50)62)43-31-33-54-49(36-43)46-20-9-12-24-52(46)61(54)44-32-30-38-16-4-5-17-41(38)34-44/h1-36H. The Bertz CT molecular complexity index is 3910. The van der Waals surface area contributed by atoms with Crippen LogP contribution in [0.2, 0.25) is 0 Å². The summed E-state index contributed by atoms with van der Waals surface area (Å²) in [6, 6.07) is 78.6. The highest BCUT2D eigenvalue weighted by Gasteiger charge is 2.23. The molecule has 0 fully saturated rings. The molecule has 13 aromatic rings. The first-order valence-electron chi connectivity index (χ1n) is 21.2. The fraction of sp³-hybridized carbons (Fsp3) is 0. The molecule has 62 heavy (non-hydrogen) atoms. The topological polar surface area (TPSA) is 35.6 Å². The van der Waals surface area contributed by atoms with Crippen molar-refractivity contribution in [3.8, 4) is 45.1 Å². The monoisotopic (exact) mass is 788 g/mol. The van der Waals surface area contributed by atoms with Gasteiger partial charge in [-0.3, -0.25) is 4.57 Å². The molecule has 0 spiro atoms. The van der Waals surface area contributed by atoms with Crippen LogP contribution in [0, 0.1) is 0 Å². The molecule has 3 aromatic heterocycles. The maximum Gasteiger partial charge on any atom is 0.235 e. The van der Waals surface area contributed by atoms with Gasteiger partial charge in [-0.05, 0) is 86.8 Å². The number of aromatic nitrogens is 4. The van der Waals surface area contributed by atoms with E-state index in [4.69, 9.17) is 9.97 Å². The van der Waals surface area contributed by atoms with Crippen molar-refractivity contribution in [3.63, 3.8) is 0 Å². The average molecular weight is 789 g/mol. The first kappa shape index (κ1) is 34.5. The Labute approximate surface area is 357 Å². The fourth-order valence-electron chi connectivity index (χ4n) is 9.85. The quantitative estimate of drug-likeness (QED) is 0.174. The first-order valence-corrected chi connectivity index (χ1v) is 21.2. The molecule has 0 aliphatic heterocycles. The SMILES string of the molecule is c1ccc(-c2ccc(-c3nc(-n4c5ccccc5c5cc6ccccc6c(-c6ccc7c(c6)c6ccccc6n7-c6ccc7ccccc7c6)c54)nc4ccccc34)cc2)cc1. The summed E-state index contributed by atoms with van der Waals surface area (Å²) < 4.78 is 4.72. The van der Waals surface area contributed by atoms with Crippen molar-refractivity contribution in [2.45, 2.75) is 0 Å². The van der Waals surface area contributed by atoms with E-state index in [0.29, 0.717) is 5.95 Å². The predicted molar refractivity (Wildman–Crippen MR) is 260 cm³/mol. The largest absolute Gasteiger partial charge is 0.309 e. The van der Waals surface area contributed by atoms with E-state index in [9.17, 15) is 0 Å². The average Bonchev–Trinajstić information content (AvgIpc) is 3.85. The fourth-order valence-corrected chi connectivity index (χ4v) is 9.85. The van der Waals surface area contributed by atoms with E-state index in [2.05, 4.69) is 228 Å². The van der Waals surface area contributed by atoms with Gasteiger partial charge in [-0.2, -0.15) is 0 Å². The van der Waals surface area contributed by atoms with E-state index in [1.54, 1.807) is 0 Å². The lowest BCUT2D eigenvalue weighted by atomic mass is 9.94. The van der Waals surface area contributed by atoms with Crippen molar-refractivity contribution in [1.82, 2.24) is 19.1 Å². The maximum atomic E-state index is 5.53. The van der Waals surface area contributed by atoms with Gasteiger partial charge in [0.25, 0.3) is 0 Å². The molecule has 0 saturated carbocycles. The van der Waals surface area contributed by atoms with E-state index in [1.807, 2.05) is 0 Å². The normalized spacial score (nSPS) is 11.9. The van der Waals surface area contributed by atoms with Gasteiger partial charge in [0, 0.05) is 43.7 Å². The van der Waals surface area contributed by atoms with Crippen molar-refractivity contribution in [3.05, 3.63) is 218 Å². The summed E-state index contributed by atoms with van der Waals surface area (Å²) in [5.74, 6) is 0.641. The first-order chi connectivity index (χ1) is 30.7. The van der Waals surface area contributed by atoms with Gasteiger partial charge >= 0.3 is 0 Å². The van der Waals surface area contributed by atoms with Crippen LogP contribution in [-0.4, -0.2) is 19.1 Å². The van der Waals surface area contributed by atoms with E-state index >= 15 is 0 Å². The van der Waals surface area contributed by atoms with Crippen LogP contribution in [0.5, 0.6) is 0 Å². The van der Waals surface area contributed by atoms with Gasteiger partial charge in [-0.25, -0.2) is 9.97 Å². The van der Waals surface area contributed by atoms with Crippen LogP contribution >= 0.6 is 0 Å². The summed E-state index contributed by atoms with van der Waals surface area (Å²) in [4.78, 5) is 10.9. The second-order valence-corrected chi connectivity index (χ2v) is 16.2. The molecule has 0 atom stereocenters. The number of para-hydroxylation sites is 3. The number of fused-ring (bicyclic) bond motifs is 9. The third-order valence-corrected chi connectivity index (χ3v) is 12.7. The van der Waals surface area contributed by atoms with Crippen molar-refractivity contribution >= 4 is 76.1 Å². The Hall–Kier alpha value is -8.34. The molecule has 4 nitrogen and oxygen atoms in total. The molecule has 0 aliphatic carbocycles. The second kappa shape index (κ2) is 13.6. The molecule has 0 bridgehead atoms. The second-order valence-electron chi connectivity index (χ2n) is 16.2. The summed E-state index contributed by atoms with van der Waals surface area (Å²) in [5.41, 5.74) is 13.2. The summed E-state index contributed by atoms with van der Waals surface area (Å²) in [6.07, 6.45) is 0. The Morgan fingerprint density at radius 3 is 1.69 bits per heavy atom. The molecular formula is C58H36N4. The summed E-state index contributed by atoms with van der Waals surface area (Å²) in [5, 5.41) is 10.6. The Morgan fingerprint density at radius 2 is 0.887 bits per heavy atom. The maximum absolute atomic E-state index is 5.53. The lowest BCUT2D eigenvalue weighted by molar-refractivity contribution is 1.01. The van der Waals surface area contributed by atoms with Crippen molar-refractivity contribution in [1.29, 1.82) is 0 Å². The minimum atomic E-state index is 0.641. The van der Waals surface area contributed by atoms with Gasteiger partial charge in [-0.1, -0.05) is 170 Å². The summed E-state index contributed by atoms with van der Waals surface area (Å²) in [6.45, 7) is 0. The minimum absolute atomic E-state index is 0.641. The lowest BCUT2D eigenvalue weighted by Gasteiger charge is -2.16. The molecular weight excluding hydrogens is 753 g/mol. The van der Waals surface area contributed by atoms with Crippen LogP contribution in [0.25, 0.3) is 121 Å². The molecule has 10 aromatic carbocycles. The van der Waals surface area contributed by atoms with Crippen LogP contribution in [0.4, 0.5) is 0 Å². The smallest absolute Gasteiger partial charge is 0.235 e. The molecule has 0 radical (unpaired) electrons. The van der Waals surface area contributed by atoms with E-state index in [-0.39, 0.29) is 0 Å². The zero-order valence-corrected chi connectivity index (χ0v) is 33.6. The van der Waals surface area contributed by atoms with Crippen LogP contribution in [0.3, 0.4) is 0 Å². The molecule has 13 rings (SSSR count). The number of benzene rings is 10. The molecule has 0 unspecified atom stereocenters. The van der Waals surface area contributed by atoms with Crippen LogP contribution < -0.4 is 0 Å². The van der Waals surface area contributed by atoms with E-state index in [0.717, 1.165) is 55.4 Å². The van der Waals surface area contributed by atoms with Gasteiger partial charge in [0.2, 0.25) is 5.95 Å². The van der Waals surface area contributed by atoms with E-state index < -0.39 is 0 Å². The minimum Gasteiger partial charge on any atom is -0.309 e. The van der Waals surface area contributed by atoms with Gasteiger partial charge in [-0.15, -0.1) is 0 Å². The van der Waals surface area contributed by atoms with Crippen LogP contribution in [0.15, 0.2) is 218 Å². The molecule has 3 heterocycles. The number of rotatable bonds is 5. The third kappa shape index (κ3) is 5.27. The van der Waals surface area contributed by atoms with E-state index in [1.165, 1.54) is 59.9 Å². The highest BCUT2D eigenvalue weighted by atomic mass is 15.2. The van der Waals surface area contributed by atoms with Crippen LogP contribution in [-0.2, 0) is 0 Å². The van der Waals surface area contributed by atoms with Crippen molar-refractivity contribution in [2.75, 3.05) is 0 Å². The highest BCUT2D eigenvalue weighted by Crippen LogP contribution is 2.45. The Kier molecular flexibility index (Phi) is 7.57. The van der Waals surface area contributed by atoms with Crippen molar-refractivity contribution < 1.29 is 0 Å². The third-order valence-electron chi connectivity index (χ3n) is 12.7. The molecule has 0 N–H and O–H groups in total.